The van der Waals surface area contributed by atoms with Crippen LogP contribution >= 0.6 is 0 Å². The van der Waals surface area contributed by atoms with Crippen molar-refractivity contribution in [1.82, 2.24) is 4.90 Å². The van der Waals surface area contributed by atoms with Gasteiger partial charge in [-0.25, -0.2) is 8.42 Å². The van der Waals surface area contributed by atoms with Gasteiger partial charge in [-0.15, -0.1) is 0 Å². The molecule has 0 spiro atoms. The molecule has 1 heterocycles. The van der Waals surface area contributed by atoms with E-state index >= 15 is 0 Å². The molecular formula is C17H23NO4S. The molecule has 2 rings (SSSR count). The van der Waals surface area contributed by atoms with E-state index in [1.807, 2.05) is 20.8 Å². The predicted molar refractivity (Wildman–Crippen MR) is 87.3 cm³/mol. The molecule has 0 aliphatic carbocycles. The normalized spacial score (nSPS) is 22.2. The van der Waals surface area contributed by atoms with E-state index in [-0.39, 0.29) is 29.7 Å². The number of likely N-dealkylation sites (tertiary alicyclic amines) is 1. The lowest BCUT2D eigenvalue weighted by Gasteiger charge is -2.24. The number of hydrogen-bond donors (Lipinski definition) is 0. The van der Waals surface area contributed by atoms with Gasteiger partial charge in [-0.2, -0.15) is 0 Å². The standard InChI is InChI=1S/C17H23NO4S/c1-12(2)9-17(3)10-15(19)18(16(17)20)11-13-5-7-14(8-6-13)23(4,21)22/h5-8,12H,9-11H2,1-4H3. The van der Waals surface area contributed by atoms with E-state index in [0.29, 0.717) is 12.3 Å². The van der Waals surface area contributed by atoms with Crippen LogP contribution in [0.25, 0.3) is 0 Å². The lowest BCUT2D eigenvalue weighted by atomic mass is 9.80. The second-order valence-electron chi connectivity index (χ2n) is 7.04. The number of imide groups is 1. The van der Waals surface area contributed by atoms with Gasteiger partial charge in [-0.1, -0.05) is 32.9 Å². The van der Waals surface area contributed by atoms with E-state index in [2.05, 4.69) is 0 Å². The Morgan fingerprint density at radius 2 is 1.74 bits per heavy atom. The van der Waals surface area contributed by atoms with E-state index in [0.717, 1.165) is 11.8 Å². The Bertz CT molecular complexity index is 721. The number of sulfone groups is 1. The topological polar surface area (TPSA) is 71.5 Å². The third kappa shape index (κ3) is 3.80. The minimum atomic E-state index is -3.25. The smallest absolute Gasteiger partial charge is 0.235 e. The summed E-state index contributed by atoms with van der Waals surface area (Å²) < 4.78 is 22.9. The molecule has 0 radical (unpaired) electrons. The van der Waals surface area contributed by atoms with E-state index in [1.54, 1.807) is 12.1 Å². The summed E-state index contributed by atoms with van der Waals surface area (Å²) in [4.78, 5) is 26.4. The molecule has 0 bridgehead atoms. The van der Waals surface area contributed by atoms with Crippen molar-refractivity contribution < 1.29 is 18.0 Å². The monoisotopic (exact) mass is 337 g/mol. The van der Waals surface area contributed by atoms with Gasteiger partial charge in [0.1, 0.15) is 0 Å². The molecule has 1 saturated heterocycles. The molecule has 1 atom stereocenters. The molecular weight excluding hydrogens is 314 g/mol. The van der Waals surface area contributed by atoms with Crippen LogP contribution in [0.2, 0.25) is 0 Å². The van der Waals surface area contributed by atoms with E-state index < -0.39 is 15.3 Å². The van der Waals surface area contributed by atoms with Crippen LogP contribution in [-0.2, 0) is 26.0 Å². The highest BCUT2D eigenvalue weighted by Crippen LogP contribution is 2.38. The lowest BCUT2D eigenvalue weighted by molar-refractivity contribution is -0.142. The molecule has 0 saturated carbocycles. The molecule has 0 N–H and O–H groups in total. The summed E-state index contributed by atoms with van der Waals surface area (Å²) in [5.41, 5.74) is 0.116. The first-order valence-corrected chi connectivity index (χ1v) is 9.56. The van der Waals surface area contributed by atoms with Gasteiger partial charge in [0.25, 0.3) is 0 Å². The number of amides is 2. The quantitative estimate of drug-likeness (QED) is 0.774. The Morgan fingerprint density at radius 1 is 1.17 bits per heavy atom. The SMILES string of the molecule is CC(C)CC1(C)CC(=O)N(Cc2ccc(S(C)(=O)=O)cc2)C1=O. The van der Waals surface area contributed by atoms with Crippen LogP contribution in [0.1, 0.15) is 39.2 Å². The number of rotatable bonds is 5. The molecule has 0 aromatic heterocycles. The lowest BCUT2D eigenvalue weighted by Crippen LogP contribution is -2.34. The Balaban J connectivity index is 2.17. The zero-order valence-electron chi connectivity index (χ0n) is 14.0. The second kappa shape index (κ2) is 6.07. The summed E-state index contributed by atoms with van der Waals surface area (Å²) in [6, 6.07) is 6.30. The molecule has 23 heavy (non-hydrogen) atoms. The van der Waals surface area contributed by atoms with Crippen LogP contribution in [0.5, 0.6) is 0 Å². The third-order valence-electron chi connectivity index (χ3n) is 4.15. The summed E-state index contributed by atoms with van der Waals surface area (Å²) in [6.07, 6.45) is 2.07. The number of carbonyl (C=O) groups is 2. The van der Waals surface area contributed by atoms with Gasteiger partial charge < -0.3 is 0 Å². The summed E-state index contributed by atoms with van der Waals surface area (Å²) in [5.74, 6) is 0.0412. The van der Waals surface area contributed by atoms with Crippen LogP contribution in [0, 0.1) is 11.3 Å². The summed E-state index contributed by atoms with van der Waals surface area (Å²) >= 11 is 0. The van der Waals surface area contributed by atoms with Gasteiger partial charge in [0, 0.05) is 12.7 Å². The number of hydrogen-bond acceptors (Lipinski definition) is 4. The first-order valence-electron chi connectivity index (χ1n) is 7.67. The maximum atomic E-state index is 12.6. The average molecular weight is 337 g/mol. The van der Waals surface area contributed by atoms with Crippen molar-refractivity contribution in [3.63, 3.8) is 0 Å². The Morgan fingerprint density at radius 3 is 2.22 bits per heavy atom. The summed E-state index contributed by atoms with van der Waals surface area (Å²) in [7, 11) is -3.25. The van der Waals surface area contributed by atoms with Gasteiger partial charge in [-0.05, 0) is 30.0 Å². The maximum Gasteiger partial charge on any atom is 0.235 e. The number of nitrogens with zero attached hydrogens (tertiary/aromatic N) is 1. The van der Waals surface area contributed by atoms with Gasteiger partial charge >= 0.3 is 0 Å². The van der Waals surface area contributed by atoms with Crippen LogP contribution in [-0.4, -0.2) is 31.4 Å². The largest absolute Gasteiger partial charge is 0.278 e. The second-order valence-corrected chi connectivity index (χ2v) is 9.05. The zero-order chi connectivity index (χ0) is 17.4. The highest BCUT2D eigenvalue weighted by Gasteiger charge is 2.47. The fourth-order valence-corrected chi connectivity index (χ4v) is 3.82. The molecule has 1 aromatic rings. The number of benzene rings is 1. The van der Waals surface area contributed by atoms with Gasteiger partial charge in [0.2, 0.25) is 11.8 Å². The van der Waals surface area contributed by atoms with Crippen molar-refractivity contribution in [2.24, 2.45) is 11.3 Å². The summed E-state index contributed by atoms with van der Waals surface area (Å²) in [5, 5.41) is 0. The van der Waals surface area contributed by atoms with E-state index in [9.17, 15) is 18.0 Å². The Kier molecular flexibility index (Phi) is 4.66. The van der Waals surface area contributed by atoms with Crippen LogP contribution < -0.4 is 0 Å². The molecule has 2 amide bonds. The van der Waals surface area contributed by atoms with Crippen molar-refractivity contribution in [1.29, 1.82) is 0 Å². The minimum Gasteiger partial charge on any atom is -0.278 e. The van der Waals surface area contributed by atoms with Gasteiger partial charge in [0.05, 0.1) is 16.9 Å². The van der Waals surface area contributed by atoms with Crippen molar-refractivity contribution in [2.75, 3.05) is 6.26 Å². The molecule has 1 aromatic carbocycles. The molecule has 1 aliphatic rings. The van der Waals surface area contributed by atoms with Gasteiger partial charge in [0.15, 0.2) is 9.84 Å². The molecule has 126 valence electrons. The highest BCUT2D eigenvalue weighted by molar-refractivity contribution is 7.90. The molecule has 1 aliphatic heterocycles. The predicted octanol–water partition coefficient (Wildman–Crippen LogP) is 2.40. The summed E-state index contributed by atoms with van der Waals surface area (Å²) in [6.45, 7) is 6.11. The average Bonchev–Trinajstić information content (AvgIpc) is 2.61. The van der Waals surface area contributed by atoms with E-state index in [4.69, 9.17) is 0 Å². The van der Waals surface area contributed by atoms with Crippen molar-refractivity contribution in [3.8, 4) is 0 Å². The van der Waals surface area contributed by atoms with Crippen molar-refractivity contribution in [2.45, 2.75) is 45.1 Å². The van der Waals surface area contributed by atoms with Crippen molar-refractivity contribution in [3.05, 3.63) is 29.8 Å². The van der Waals surface area contributed by atoms with Crippen LogP contribution in [0.15, 0.2) is 29.2 Å². The van der Waals surface area contributed by atoms with E-state index in [1.165, 1.54) is 17.0 Å². The Labute approximate surface area is 137 Å². The molecule has 5 nitrogen and oxygen atoms in total. The molecule has 1 unspecified atom stereocenters. The maximum absolute atomic E-state index is 12.6. The first-order chi connectivity index (χ1) is 10.5. The zero-order valence-corrected chi connectivity index (χ0v) is 14.8. The van der Waals surface area contributed by atoms with Crippen LogP contribution in [0.3, 0.4) is 0 Å². The fraction of sp³-hybridized carbons (Fsp3) is 0.529. The first kappa shape index (κ1) is 17.7. The van der Waals surface area contributed by atoms with Crippen molar-refractivity contribution >= 4 is 21.7 Å². The third-order valence-corrected chi connectivity index (χ3v) is 5.28. The Hall–Kier alpha value is -1.69. The minimum absolute atomic E-state index is 0.136. The highest BCUT2D eigenvalue weighted by atomic mass is 32.2. The molecule has 1 fully saturated rings. The van der Waals surface area contributed by atoms with Crippen LogP contribution in [0.4, 0.5) is 0 Å². The number of carbonyl (C=O) groups excluding carboxylic acids is 2. The van der Waals surface area contributed by atoms with Gasteiger partial charge in [-0.3, -0.25) is 14.5 Å². The molecule has 6 heteroatoms. The fourth-order valence-electron chi connectivity index (χ4n) is 3.19.